The lowest BCUT2D eigenvalue weighted by molar-refractivity contribution is 0.175. The van der Waals surface area contributed by atoms with E-state index >= 15 is 0 Å². The predicted molar refractivity (Wildman–Crippen MR) is 86.6 cm³/mol. The van der Waals surface area contributed by atoms with Crippen LogP contribution in [-0.2, 0) is 5.41 Å². The molecule has 118 valence electrons. The Morgan fingerprint density at radius 2 is 1.95 bits per heavy atom. The highest BCUT2D eigenvalue weighted by molar-refractivity contribution is 5.74. The Balaban J connectivity index is 2.68. The second kappa shape index (κ2) is 8.03. The third-order valence-electron chi connectivity index (χ3n) is 3.71. The maximum atomic E-state index is 12.2. The molecule has 0 fully saturated rings. The van der Waals surface area contributed by atoms with E-state index in [-0.39, 0.29) is 18.1 Å². The largest absolute Gasteiger partial charge is 0.395 e. The molecule has 21 heavy (non-hydrogen) atoms. The summed E-state index contributed by atoms with van der Waals surface area (Å²) in [6.07, 6.45) is 0.884. The summed E-state index contributed by atoms with van der Waals surface area (Å²) in [5.74, 6) is 0. The molecule has 0 atom stereocenters. The monoisotopic (exact) mass is 292 g/mol. The van der Waals surface area contributed by atoms with E-state index in [9.17, 15) is 4.79 Å². The summed E-state index contributed by atoms with van der Waals surface area (Å²) >= 11 is 0. The molecule has 1 aromatic rings. The van der Waals surface area contributed by atoms with Gasteiger partial charge < -0.3 is 15.3 Å². The van der Waals surface area contributed by atoms with Gasteiger partial charge in [-0.05, 0) is 24.5 Å². The summed E-state index contributed by atoms with van der Waals surface area (Å²) in [7, 11) is 0. The summed E-state index contributed by atoms with van der Waals surface area (Å²) in [6, 6.07) is 8.15. The number of amides is 2. The van der Waals surface area contributed by atoms with Crippen molar-refractivity contribution in [2.24, 2.45) is 0 Å². The Kier molecular flexibility index (Phi) is 6.69. The Morgan fingerprint density at radius 3 is 2.52 bits per heavy atom. The van der Waals surface area contributed by atoms with Crippen LogP contribution in [0.5, 0.6) is 0 Å². The summed E-state index contributed by atoms with van der Waals surface area (Å²) in [4.78, 5) is 13.9. The quantitative estimate of drug-likeness (QED) is 0.812. The molecule has 0 unspecified atom stereocenters. The summed E-state index contributed by atoms with van der Waals surface area (Å²) in [5.41, 5.74) is 2.35. The third kappa shape index (κ3) is 5.05. The van der Waals surface area contributed by atoms with Crippen molar-refractivity contribution in [1.29, 1.82) is 0 Å². The van der Waals surface area contributed by atoms with E-state index in [0.29, 0.717) is 19.6 Å². The van der Waals surface area contributed by atoms with E-state index in [1.54, 1.807) is 4.90 Å². The van der Waals surface area contributed by atoms with Gasteiger partial charge in [0.15, 0.2) is 0 Å². The smallest absolute Gasteiger partial charge is 0.317 e. The number of nitrogens with one attached hydrogen (secondary N) is 1. The van der Waals surface area contributed by atoms with Crippen molar-refractivity contribution < 1.29 is 9.90 Å². The van der Waals surface area contributed by atoms with Crippen LogP contribution in [-0.4, -0.2) is 42.3 Å². The van der Waals surface area contributed by atoms with Crippen molar-refractivity contribution in [1.82, 2.24) is 10.2 Å². The number of hydrogen-bond donors (Lipinski definition) is 2. The first-order valence-corrected chi connectivity index (χ1v) is 7.62. The van der Waals surface area contributed by atoms with Crippen LogP contribution in [0.3, 0.4) is 0 Å². The molecule has 0 aliphatic heterocycles. The number of carbonyl (C=O) groups excluding carboxylic acids is 1. The van der Waals surface area contributed by atoms with Gasteiger partial charge in [-0.3, -0.25) is 0 Å². The SMILES string of the molecule is CCCN(CCO)C(=O)NCC(C)(C)c1ccccc1C. The van der Waals surface area contributed by atoms with Gasteiger partial charge in [0.05, 0.1) is 6.61 Å². The average Bonchev–Trinajstić information content (AvgIpc) is 2.45. The van der Waals surface area contributed by atoms with E-state index < -0.39 is 0 Å². The van der Waals surface area contributed by atoms with E-state index in [1.165, 1.54) is 11.1 Å². The molecule has 0 spiro atoms. The lowest BCUT2D eigenvalue weighted by atomic mass is 9.82. The number of urea groups is 1. The zero-order valence-electron chi connectivity index (χ0n) is 13.6. The molecule has 2 amide bonds. The van der Waals surface area contributed by atoms with Crippen molar-refractivity contribution >= 4 is 6.03 Å². The summed E-state index contributed by atoms with van der Waals surface area (Å²) in [6.45, 7) is 9.99. The van der Waals surface area contributed by atoms with Gasteiger partial charge in [-0.25, -0.2) is 4.79 Å². The first kappa shape index (κ1) is 17.5. The molecule has 0 aliphatic rings. The van der Waals surface area contributed by atoms with Gasteiger partial charge in [0.25, 0.3) is 0 Å². The average molecular weight is 292 g/mol. The Morgan fingerprint density at radius 1 is 1.29 bits per heavy atom. The van der Waals surface area contributed by atoms with Gasteiger partial charge in [0.2, 0.25) is 0 Å². The van der Waals surface area contributed by atoms with Crippen LogP contribution in [0.15, 0.2) is 24.3 Å². The van der Waals surface area contributed by atoms with E-state index in [4.69, 9.17) is 5.11 Å². The number of aryl methyl sites for hydroxylation is 1. The molecule has 4 nitrogen and oxygen atoms in total. The molecule has 0 heterocycles. The second-order valence-corrected chi connectivity index (χ2v) is 6.07. The number of nitrogens with zero attached hydrogens (tertiary/aromatic N) is 1. The van der Waals surface area contributed by atoms with Gasteiger partial charge >= 0.3 is 6.03 Å². The molecular formula is C17H28N2O2. The molecule has 0 aliphatic carbocycles. The van der Waals surface area contributed by atoms with Crippen LogP contribution >= 0.6 is 0 Å². The first-order chi connectivity index (χ1) is 9.92. The van der Waals surface area contributed by atoms with Gasteiger partial charge in [0, 0.05) is 25.0 Å². The second-order valence-electron chi connectivity index (χ2n) is 6.07. The number of hydrogen-bond acceptors (Lipinski definition) is 2. The highest BCUT2D eigenvalue weighted by atomic mass is 16.3. The van der Waals surface area contributed by atoms with E-state index in [0.717, 1.165) is 6.42 Å². The molecule has 0 saturated heterocycles. The van der Waals surface area contributed by atoms with Gasteiger partial charge in [-0.15, -0.1) is 0 Å². The minimum atomic E-state index is -0.127. The number of benzene rings is 1. The fourth-order valence-electron chi connectivity index (χ4n) is 2.54. The Bertz CT molecular complexity index is 452. The zero-order chi connectivity index (χ0) is 15.9. The minimum Gasteiger partial charge on any atom is -0.395 e. The first-order valence-electron chi connectivity index (χ1n) is 7.62. The Labute approximate surface area is 128 Å². The van der Waals surface area contributed by atoms with Gasteiger partial charge in [-0.1, -0.05) is 45.0 Å². The molecule has 0 saturated carbocycles. The van der Waals surface area contributed by atoms with Crippen LogP contribution in [0.25, 0.3) is 0 Å². The van der Waals surface area contributed by atoms with Gasteiger partial charge in [0.1, 0.15) is 0 Å². The zero-order valence-corrected chi connectivity index (χ0v) is 13.6. The lowest BCUT2D eigenvalue weighted by Crippen LogP contribution is -2.46. The minimum absolute atomic E-state index is 0.00535. The molecule has 0 radical (unpaired) electrons. The lowest BCUT2D eigenvalue weighted by Gasteiger charge is -2.29. The van der Waals surface area contributed by atoms with E-state index in [1.807, 2.05) is 19.1 Å². The molecule has 0 aromatic heterocycles. The fraction of sp³-hybridized carbons (Fsp3) is 0.588. The molecular weight excluding hydrogens is 264 g/mol. The highest BCUT2D eigenvalue weighted by Gasteiger charge is 2.24. The molecule has 2 N–H and O–H groups in total. The normalized spacial score (nSPS) is 11.3. The van der Waals surface area contributed by atoms with Crippen LogP contribution in [0.1, 0.15) is 38.3 Å². The number of rotatable bonds is 7. The molecule has 1 rings (SSSR count). The number of aliphatic hydroxyl groups excluding tert-OH is 1. The van der Waals surface area contributed by atoms with Crippen LogP contribution in [0.2, 0.25) is 0 Å². The molecule has 1 aromatic carbocycles. The topological polar surface area (TPSA) is 52.6 Å². The highest BCUT2D eigenvalue weighted by Crippen LogP contribution is 2.25. The van der Waals surface area contributed by atoms with E-state index in [2.05, 4.69) is 38.2 Å². The fourth-order valence-corrected chi connectivity index (χ4v) is 2.54. The standard InChI is InChI=1S/C17H28N2O2/c1-5-10-19(11-12-20)16(21)18-13-17(3,4)15-9-7-6-8-14(15)2/h6-9,20H,5,10-13H2,1-4H3,(H,18,21). The maximum absolute atomic E-state index is 12.2. The van der Waals surface area contributed by atoms with Crippen molar-refractivity contribution in [3.8, 4) is 0 Å². The summed E-state index contributed by atoms with van der Waals surface area (Å²) < 4.78 is 0. The van der Waals surface area contributed by atoms with Crippen molar-refractivity contribution in [3.05, 3.63) is 35.4 Å². The van der Waals surface area contributed by atoms with Gasteiger partial charge in [-0.2, -0.15) is 0 Å². The van der Waals surface area contributed by atoms with Crippen LogP contribution < -0.4 is 5.32 Å². The van der Waals surface area contributed by atoms with Crippen molar-refractivity contribution in [2.75, 3.05) is 26.2 Å². The summed E-state index contributed by atoms with van der Waals surface area (Å²) in [5, 5.41) is 12.0. The number of carbonyl (C=O) groups is 1. The predicted octanol–water partition coefficient (Wildman–Crippen LogP) is 2.69. The Hall–Kier alpha value is -1.55. The van der Waals surface area contributed by atoms with Crippen LogP contribution in [0, 0.1) is 6.92 Å². The van der Waals surface area contributed by atoms with Crippen molar-refractivity contribution in [2.45, 2.75) is 39.5 Å². The molecule has 0 bridgehead atoms. The number of aliphatic hydroxyl groups is 1. The third-order valence-corrected chi connectivity index (χ3v) is 3.71. The van der Waals surface area contributed by atoms with Crippen LogP contribution in [0.4, 0.5) is 4.79 Å². The molecule has 4 heteroatoms. The maximum Gasteiger partial charge on any atom is 0.317 e. The van der Waals surface area contributed by atoms with Crippen molar-refractivity contribution in [3.63, 3.8) is 0 Å².